The SMILES string of the molecule is CC(C)N(C(=O)CSC1=C(C#N)[C@@H](c2ccc(F)cc2)CC(=O)N1)C(C)C. The minimum absolute atomic E-state index is 0.0482. The molecule has 0 aromatic heterocycles. The second-order valence-corrected chi connectivity index (χ2v) is 7.97. The third-order valence-corrected chi connectivity index (χ3v) is 5.37. The third-order valence-electron chi connectivity index (χ3n) is 4.37. The predicted molar refractivity (Wildman–Crippen MR) is 104 cm³/mol. The smallest absolute Gasteiger partial charge is 0.233 e. The second-order valence-electron chi connectivity index (χ2n) is 6.99. The van der Waals surface area contributed by atoms with Gasteiger partial charge in [0.25, 0.3) is 0 Å². The largest absolute Gasteiger partial charge is 0.337 e. The van der Waals surface area contributed by atoms with Gasteiger partial charge in [0.2, 0.25) is 11.8 Å². The summed E-state index contributed by atoms with van der Waals surface area (Å²) in [5.74, 6) is -0.944. The maximum atomic E-state index is 13.2. The van der Waals surface area contributed by atoms with Gasteiger partial charge >= 0.3 is 0 Å². The summed E-state index contributed by atoms with van der Waals surface area (Å²) in [5.41, 5.74) is 1.11. The number of hydrogen-bond donors (Lipinski definition) is 1. The molecule has 27 heavy (non-hydrogen) atoms. The maximum absolute atomic E-state index is 13.2. The molecule has 1 heterocycles. The number of nitriles is 1. The molecule has 0 spiro atoms. The Kier molecular flexibility index (Phi) is 7.03. The molecule has 144 valence electrons. The van der Waals surface area contributed by atoms with Gasteiger partial charge in [0.1, 0.15) is 5.82 Å². The van der Waals surface area contributed by atoms with E-state index in [4.69, 9.17) is 0 Å². The minimum atomic E-state index is -0.437. The molecule has 0 fully saturated rings. The fourth-order valence-electron chi connectivity index (χ4n) is 3.29. The Hall–Kier alpha value is -2.33. The monoisotopic (exact) mass is 389 g/mol. The highest BCUT2D eigenvalue weighted by molar-refractivity contribution is 8.03. The van der Waals surface area contributed by atoms with Gasteiger partial charge in [-0.05, 0) is 45.4 Å². The van der Waals surface area contributed by atoms with Crippen LogP contribution in [0.1, 0.15) is 45.6 Å². The second kappa shape index (κ2) is 9.05. The average molecular weight is 389 g/mol. The topological polar surface area (TPSA) is 73.2 Å². The number of nitrogens with one attached hydrogen (secondary N) is 1. The van der Waals surface area contributed by atoms with Crippen molar-refractivity contribution in [2.75, 3.05) is 5.75 Å². The highest BCUT2D eigenvalue weighted by Crippen LogP contribution is 2.36. The molecule has 1 aliphatic heterocycles. The zero-order valence-corrected chi connectivity index (χ0v) is 16.8. The van der Waals surface area contributed by atoms with Crippen LogP contribution >= 0.6 is 11.8 Å². The van der Waals surface area contributed by atoms with Gasteiger partial charge in [-0.15, -0.1) is 0 Å². The Morgan fingerprint density at radius 3 is 2.41 bits per heavy atom. The fourth-order valence-corrected chi connectivity index (χ4v) is 4.24. The van der Waals surface area contributed by atoms with Gasteiger partial charge in [0, 0.05) is 24.4 Å². The van der Waals surface area contributed by atoms with Crippen molar-refractivity contribution in [2.45, 2.75) is 52.1 Å². The van der Waals surface area contributed by atoms with E-state index < -0.39 is 5.92 Å². The molecule has 1 atom stereocenters. The van der Waals surface area contributed by atoms with E-state index in [-0.39, 0.29) is 41.9 Å². The van der Waals surface area contributed by atoms with Crippen LogP contribution in [0.5, 0.6) is 0 Å². The van der Waals surface area contributed by atoms with E-state index in [1.807, 2.05) is 27.7 Å². The molecule has 1 aromatic rings. The lowest BCUT2D eigenvalue weighted by molar-refractivity contribution is -0.131. The van der Waals surface area contributed by atoms with E-state index >= 15 is 0 Å². The molecule has 0 saturated carbocycles. The van der Waals surface area contributed by atoms with Crippen LogP contribution < -0.4 is 5.32 Å². The highest BCUT2D eigenvalue weighted by Gasteiger charge is 2.30. The van der Waals surface area contributed by atoms with Gasteiger partial charge in [0.15, 0.2) is 0 Å². The van der Waals surface area contributed by atoms with Gasteiger partial charge in [0.05, 0.1) is 22.4 Å². The highest BCUT2D eigenvalue weighted by atomic mass is 32.2. The Morgan fingerprint density at radius 1 is 1.30 bits per heavy atom. The summed E-state index contributed by atoms with van der Waals surface area (Å²) in [6, 6.07) is 8.10. The molecule has 7 heteroatoms. The quantitative estimate of drug-likeness (QED) is 0.808. The first-order valence-electron chi connectivity index (χ1n) is 8.88. The Bertz CT molecular complexity index is 773. The third kappa shape index (κ3) is 5.10. The summed E-state index contributed by atoms with van der Waals surface area (Å²) in [4.78, 5) is 26.5. The van der Waals surface area contributed by atoms with E-state index in [9.17, 15) is 19.2 Å². The molecule has 2 amide bonds. The van der Waals surface area contributed by atoms with E-state index in [1.54, 1.807) is 17.0 Å². The predicted octanol–water partition coefficient (Wildman–Crippen LogP) is 3.54. The molecule has 0 aliphatic carbocycles. The molecular weight excluding hydrogens is 365 g/mol. The number of carbonyl (C=O) groups is 2. The molecule has 1 N–H and O–H groups in total. The van der Waals surface area contributed by atoms with Gasteiger partial charge in [-0.2, -0.15) is 5.26 Å². The van der Waals surface area contributed by atoms with Crippen molar-refractivity contribution in [3.8, 4) is 6.07 Å². The lowest BCUT2D eigenvalue weighted by Crippen LogP contribution is -2.43. The molecule has 1 aliphatic rings. The lowest BCUT2D eigenvalue weighted by atomic mass is 9.87. The number of rotatable bonds is 6. The number of thioether (sulfide) groups is 1. The molecule has 0 radical (unpaired) electrons. The van der Waals surface area contributed by atoms with Crippen molar-refractivity contribution in [1.29, 1.82) is 5.26 Å². The zero-order valence-electron chi connectivity index (χ0n) is 16.0. The summed E-state index contributed by atoms with van der Waals surface area (Å²) in [6.07, 6.45) is 0.122. The van der Waals surface area contributed by atoms with Crippen LogP contribution in [0.3, 0.4) is 0 Å². The summed E-state index contributed by atoms with van der Waals surface area (Å²) < 4.78 is 13.2. The fraction of sp³-hybridized carbons (Fsp3) is 0.450. The van der Waals surface area contributed by atoms with E-state index in [1.165, 1.54) is 23.9 Å². The molecule has 0 saturated heterocycles. The van der Waals surface area contributed by atoms with Crippen molar-refractivity contribution in [1.82, 2.24) is 10.2 Å². The first-order valence-corrected chi connectivity index (χ1v) is 9.86. The van der Waals surface area contributed by atoms with Crippen LogP contribution in [0.4, 0.5) is 4.39 Å². The number of amides is 2. The van der Waals surface area contributed by atoms with Crippen molar-refractivity contribution in [2.24, 2.45) is 0 Å². The minimum Gasteiger partial charge on any atom is -0.337 e. The van der Waals surface area contributed by atoms with Crippen LogP contribution in [-0.2, 0) is 9.59 Å². The molecular formula is C20H24FN3O2S. The van der Waals surface area contributed by atoms with Crippen molar-refractivity contribution in [3.63, 3.8) is 0 Å². The van der Waals surface area contributed by atoms with E-state index in [2.05, 4.69) is 11.4 Å². The molecule has 0 bridgehead atoms. The van der Waals surface area contributed by atoms with Crippen LogP contribution in [0.2, 0.25) is 0 Å². The normalized spacial score (nSPS) is 17.1. The van der Waals surface area contributed by atoms with Gasteiger partial charge in [-0.25, -0.2) is 4.39 Å². The van der Waals surface area contributed by atoms with Crippen molar-refractivity contribution in [3.05, 3.63) is 46.2 Å². The van der Waals surface area contributed by atoms with Gasteiger partial charge < -0.3 is 10.2 Å². The molecule has 2 rings (SSSR count). The Morgan fingerprint density at radius 2 is 1.89 bits per heavy atom. The van der Waals surface area contributed by atoms with E-state index in [0.29, 0.717) is 16.2 Å². The number of halogens is 1. The standard InChI is InChI=1S/C20H24FN3O2S/c1-12(2)24(13(3)4)19(26)11-27-20-17(10-22)16(9-18(25)23-20)14-5-7-15(21)8-6-14/h5-8,12-13,16H,9,11H2,1-4H3,(H,23,25)/t16-/m1/s1. The lowest BCUT2D eigenvalue weighted by Gasteiger charge is -2.31. The van der Waals surface area contributed by atoms with Gasteiger partial charge in [-0.1, -0.05) is 23.9 Å². The Labute approximate surface area is 163 Å². The number of allylic oxidation sites excluding steroid dienone is 1. The van der Waals surface area contributed by atoms with Crippen LogP contribution in [0.15, 0.2) is 34.9 Å². The number of nitrogens with zero attached hydrogens (tertiary/aromatic N) is 2. The summed E-state index contributed by atoms with van der Waals surface area (Å²) >= 11 is 1.17. The van der Waals surface area contributed by atoms with Crippen LogP contribution in [0.25, 0.3) is 0 Å². The number of benzene rings is 1. The molecule has 5 nitrogen and oxygen atoms in total. The molecule has 0 unspecified atom stereocenters. The van der Waals surface area contributed by atoms with Crippen LogP contribution in [-0.4, -0.2) is 34.6 Å². The first-order chi connectivity index (χ1) is 12.7. The van der Waals surface area contributed by atoms with E-state index in [0.717, 1.165) is 0 Å². The average Bonchev–Trinajstić information content (AvgIpc) is 2.59. The van der Waals surface area contributed by atoms with Crippen LogP contribution in [0, 0.1) is 17.1 Å². The zero-order chi connectivity index (χ0) is 20.1. The van der Waals surface area contributed by atoms with Crippen molar-refractivity contribution < 1.29 is 14.0 Å². The summed E-state index contributed by atoms with van der Waals surface area (Å²) in [7, 11) is 0. The summed E-state index contributed by atoms with van der Waals surface area (Å²) in [6.45, 7) is 7.82. The first kappa shape index (κ1) is 21.0. The summed E-state index contributed by atoms with van der Waals surface area (Å²) in [5, 5.41) is 12.8. The van der Waals surface area contributed by atoms with Gasteiger partial charge in [-0.3, -0.25) is 9.59 Å². The van der Waals surface area contributed by atoms with Crippen molar-refractivity contribution >= 4 is 23.6 Å². The Balaban J connectivity index is 2.24. The molecule has 1 aromatic carbocycles. The maximum Gasteiger partial charge on any atom is 0.233 e. The number of carbonyl (C=O) groups excluding carboxylic acids is 2. The number of hydrogen-bond acceptors (Lipinski definition) is 4.